The van der Waals surface area contributed by atoms with Crippen molar-refractivity contribution in [1.29, 1.82) is 0 Å². The van der Waals surface area contributed by atoms with Crippen LogP contribution in [0.5, 0.6) is 11.8 Å². The van der Waals surface area contributed by atoms with E-state index in [4.69, 9.17) is 70.1 Å². The number of carbonyl (C=O) groups excluding carboxylic acids is 2. The third kappa shape index (κ3) is 12.8. The van der Waals surface area contributed by atoms with E-state index in [1.807, 2.05) is 24.3 Å². The van der Waals surface area contributed by atoms with E-state index in [1.165, 1.54) is 50.6 Å². The van der Waals surface area contributed by atoms with E-state index in [0.29, 0.717) is 21.2 Å². The van der Waals surface area contributed by atoms with E-state index in [-0.39, 0.29) is 142 Å². The molecule has 21 heteroatoms. The Morgan fingerprint density at radius 2 is 0.901 bits per heavy atom. The maximum absolute atomic E-state index is 16.1. The zero-order chi connectivity index (χ0) is 56.9. The molecule has 10 aromatic rings. The summed E-state index contributed by atoms with van der Waals surface area (Å²) in [5.41, 5.74) is 2.35. The van der Waals surface area contributed by atoms with Gasteiger partial charge < -0.3 is 32.8 Å². The first-order valence-corrected chi connectivity index (χ1v) is 26.4. The average molecular weight is 1180 g/mol. The van der Waals surface area contributed by atoms with Gasteiger partial charge in [-0.15, -0.1) is 0 Å². The van der Waals surface area contributed by atoms with Crippen LogP contribution in [-0.2, 0) is 53.4 Å². The summed E-state index contributed by atoms with van der Waals surface area (Å²) in [5.74, 6) is -4.64. The van der Waals surface area contributed by atoms with E-state index in [2.05, 4.69) is 19.9 Å². The summed E-state index contributed by atoms with van der Waals surface area (Å²) >= 11 is 25.6. The van der Waals surface area contributed by atoms with Gasteiger partial charge in [-0.3, -0.25) is 0 Å². The Labute approximate surface area is 480 Å². The number of ether oxygens (including phenoxy) is 5. The summed E-state index contributed by atoms with van der Waals surface area (Å²) < 4.78 is 94.9. The lowest BCUT2D eigenvalue weighted by Gasteiger charge is -2.13. The Morgan fingerprint density at radius 1 is 0.494 bits per heavy atom. The van der Waals surface area contributed by atoms with Crippen LogP contribution >= 0.6 is 46.4 Å². The molecule has 0 fully saturated rings. The monoisotopic (exact) mass is 1180 g/mol. The van der Waals surface area contributed by atoms with Gasteiger partial charge in [0.15, 0.2) is 11.6 Å². The van der Waals surface area contributed by atoms with Gasteiger partial charge in [-0.05, 0) is 107 Å². The normalized spacial score (nSPS) is 11.4. The van der Waals surface area contributed by atoms with Crippen LogP contribution in [0.2, 0.25) is 20.1 Å². The summed E-state index contributed by atoms with van der Waals surface area (Å²) in [6.45, 7) is 0.883. The number of imidazole rings is 2. The van der Waals surface area contributed by atoms with E-state index in [1.54, 1.807) is 69.8 Å². The van der Waals surface area contributed by atoms with E-state index < -0.39 is 35.2 Å². The lowest BCUT2D eigenvalue weighted by Crippen LogP contribution is -2.14. The fraction of sp³-hybridized carbons (Fsp3) is 0.167. The molecular weight excluding hydrogens is 1130 g/mol. The Balaban J connectivity index is 0.866. The number of benzene rings is 6. The Bertz CT molecular complexity index is 3760. The number of fused-ring (bicyclic) bond motifs is 2. The minimum Gasteiger partial charge on any atom is -0.473 e. The second kappa shape index (κ2) is 24.9. The largest absolute Gasteiger partial charge is 0.473 e. The molecular formula is C60H44Cl4F4N6O7. The molecule has 0 aliphatic carbocycles. The molecule has 0 radical (unpaired) electrons. The Kier molecular flexibility index (Phi) is 17.3. The predicted molar refractivity (Wildman–Crippen MR) is 299 cm³/mol. The fourth-order valence-corrected chi connectivity index (χ4v) is 9.69. The van der Waals surface area contributed by atoms with Gasteiger partial charge in [-0.25, -0.2) is 47.1 Å². The average Bonchev–Trinajstić information content (AvgIpc) is 4.22. The molecule has 0 amide bonds. The summed E-state index contributed by atoms with van der Waals surface area (Å²) in [4.78, 5) is 45.5. The van der Waals surface area contributed by atoms with Crippen molar-refractivity contribution in [2.45, 2.75) is 39.1 Å². The summed E-state index contributed by atoms with van der Waals surface area (Å²) in [7, 11) is 2.93. The topological polar surface area (TPSA) is 142 Å². The molecule has 0 atom stereocenters. The van der Waals surface area contributed by atoms with Crippen molar-refractivity contribution in [2.75, 3.05) is 27.4 Å². The van der Waals surface area contributed by atoms with Crippen molar-refractivity contribution in [2.24, 2.45) is 0 Å². The number of methoxy groups -OCH3 is 2. The number of nitrogens with zero attached hydrogens (tertiary/aromatic N) is 6. The number of rotatable bonds is 20. The SMILES string of the molecule is COCCn1c(Cc2cc(F)c(-c3cccc(OCc4ccc(Cl)cc4)n3)cc2Cl)nc2c(F)cc(C(=O)OC(=O)c3cc(F)c4nc(Cc5cc(F)c(-c6cccc(OCc7ccc(Cl)cc7)n6)cc5Cl)n(CCOC)c4c3)cc21. The molecule has 412 valence electrons. The van der Waals surface area contributed by atoms with Crippen molar-refractivity contribution >= 4 is 80.4 Å². The highest BCUT2D eigenvalue weighted by atomic mass is 35.5. The van der Waals surface area contributed by atoms with Crippen LogP contribution in [0.25, 0.3) is 44.6 Å². The van der Waals surface area contributed by atoms with Crippen molar-refractivity contribution in [1.82, 2.24) is 29.1 Å². The maximum Gasteiger partial charge on any atom is 0.346 e. The molecule has 0 unspecified atom stereocenters. The number of aromatic nitrogens is 6. The molecule has 13 nitrogen and oxygen atoms in total. The molecule has 4 aromatic heterocycles. The second-order valence-electron chi connectivity index (χ2n) is 18.4. The van der Waals surface area contributed by atoms with Crippen LogP contribution in [0.15, 0.2) is 133 Å². The van der Waals surface area contributed by atoms with Gasteiger partial charge >= 0.3 is 11.9 Å². The summed E-state index contributed by atoms with van der Waals surface area (Å²) in [5, 5.41) is 1.51. The molecule has 6 aromatic carbocycles. The zero-order valence-corrected chi connectivity index (χ0v) is 45.9. The molecule has 0 spiro atoms. The summed E-state index contributed by atoms with van der Waals surface area (Å²) in [6.07, 6.45) is -0.153. The van der Waals surface area contributed by atoms with Gasteiger partial charge in [0.2, 0.25) is 11.8 Å². The quantitative estimate of drug-likeness (QED) is 0.0409. The first-order chi connectivity index (χ1) is 39.1. The molecule has 0 aliphatic heterocycles. The number of hydrogen-bond donors (Lipinski definition) is 0. The predicted octanol–water partition coefficient (Wildman–Crippen LogP) is 14.3. The highest BCUT2D eigenvalue weighted by molar-refractivity contribution is 6.32. The number of carbonyl (C=O) groups is 2. The number of esters is 2. The molecule has 10 rings (SSSR count). The first kappa shape index (κ1) is 56.4. The molecule has 4 heterocycles. The van der Waals surface area contributed by atoms with Crippen molar-refractivity contribution in [3.63, 3.8) is 0 Å². The third-order valence-corrected chi connectivity index (χ3v) is 14.2. The van der Waals surface area contributed by atoms with E-state index in [9.17, 15) is 9.59 Å². The molecule has 81 heavy (non-hydrogen) atoms. The van der Waals surface area contributed by atoms with Gasteiger partial charge in [-0.1, -0.05) is 82.8 Å². The molecule has 0 N–H and O–H groups in total. The van der Waals surface area contributed by atoms with Gasteiger partial charge in [0, 0.05) is 83.5 Å². The van der Waals surface area contributed by atoms with Gasteiger partial charge in [-0.2, -0.15) is 0 Å². The first-order valence-electron chi connectivity index (χ1n) is 24.9. The van der Waals surface area contributed by atoms with Gasteiger partial charge in [0.1, 0.15) is 47.5 Å². The Morgan fingerprint density at radius 3 is 1.30 bits per heavy atom. The van der Waals surface area contributed by atoms with Crippen LogP contribution in [0.1, 0.15) is 54.6 Å². The van der Waals surface area contributed by atoms with Crippen molar-refractivity contribution in [3.8, 4) is 34.3 Å². The number of halogens is 8. The minimum absolute atomic E-state index is 0.0763. The summed E-state index contributed by atoms with van der Waals surface area (Å²) in [6, 6.07) is 33.8. The number of hydrogen-bond acceptors (Lipinski definition) is 11. The zero-order valence-electron chi connectivity index (χ0n) is 42.9. The van der Waals surface area contributed by atoms with Crippen LogP contribution in [0.4, 0.5) is 17.6 Å². The van der Waals surface area contributed by atoms with E-state index >= 15 is 17.6 Å². The maximum atomic E-state index is 16.1. The lowest BCUT2D eigenvalue weighted by atomic mass is 10.0. The standard InChI is InChI=1S/C60H44Cl4F4N6O7/c1-77-19-17-73-51-25-37(23-47(67)57(51)71-53(73)27-35-21-45(65)41(29-43(35)63)49-5-3-7-55(69-49)79-31-33-9-13-39(61)14-10-33)59(75)81-60(76)38-24-48(68)58-52(26-38)74(18-20-78-2)54(72-58)28-36-22-46(66)42(30-44(36)64)50-6-4-8-56(70-50)80-32-34-11-15-40(62)16-12-34/h3-16,21-26,29-30H,17-20,27-28,31-32H2,1-2H3. The third-order valence-electron chi connectivity index (χ3n) is 13.0. The molecule has 0 bridgehead atoms. The highest BCUT2D eigenvalue weighted by Gasteiger charge is 2.26. The van der Waals surface area contributed by atoms with Crippen molar-refractivity contribution in [3.05, 3.63) is 222 Å². The fourth-order valence-electron chi connectivity index (χ4n) is 8.98. The number of pyridine rings is 2. The Hall–Kier alpha value is -7.90. The molecule has 0 saturated carbocycles. The van der Waals surface area contributed by atoms with Crippen LogP contribution < -0.4 is 9.47 Å². The van der Waals surface area contributed by atoms with Crippen LogP contribution in [0, 0.1) is 23.3 Å². The highest BCUT2D eigenvalue weighted by Crippen LogP contribution is 2.34. The van der Waals surface area contributed by atoms with Gasteiger partial charge in [0.05, 0.1) is 46.8 Å². The van der Waals surface area contributed by atoms with Gasteiger partial charge in [0.25, 0.3) is 0 Å². The van der Waals surface area contributed by atoms with Crippen LogP contribution in [0.3, 0.4) is 0 Å². The van der Waals surface area contributed by atoms with E-state index in [0.717, 1.165) is 23.3 Å². The minimum atomic E-state index is -1.25. The lowest BCUT2D eigenvalue weighted by molar-refractivity contribution is 0.0397. The van der Waals surface area contributed by atoms with Crippen molar-refractivity contribution < 1.29 is 50.8 Å². The molecule has 0 saturated heterocycles. The second-order valence-corrected chi connectivity index (χ2v) is 20.1. The van der Waals surface area contributed by atoms with Crippen LogP contribution in [-0.4, -0.2) is 68.4 Å². The smallest absolute Gasteiger partial charge is 0.346 e. The molecule has 0 aliphatic rings.